The highest BCUT2D eigenvalue weighted by atomic mass is 16.4. The number of nitrogens with zero attached hydrogens (tertiary/aromatic N) is 1. The van der Waals surface area contributed by atoms with Gasteiger partial charge in [-0.1, -0.05) is 42.5 Å². The fourth-order valence-electron chi connectivity index (χ4n) is 2.23. The lowest BCUT2D eigenvalue weighted by atomic mass is 10.1. The molecule has 0 unspecified atom stereocenters. The molecule has 0 aromatic heterocycles. The van der Waals surface area contributed by atoms with E-state index in [2.05, 4.69) is 4.98 Å². The van der Waals surface area contributed by atoms with Crippen LogP contribution in [0.3, 0.4) is 0 Å². The maximum absolute atomic E-state index is 10.9. The number of carboxylic acid groups (broad SMARTS) is 1. The standard InChI is InChI=1S/C15H11NO2/c17-14(18)9-10-5-1-2-7-12-11-6-3-4-8-13(11)16-15(10)12/h1-8H,9H2,(H,17,18). The van der Waals surface area contributed by atoms with Gasteiger partial charge < -0.3 is 5.11 Å². The van der Waals surface area contributed by atoms with Crippen molar-refractivity contribution in [2.45, 2.75) is 6.42 Å². The summed E-state index contributed by atoms with van der Waals surface area (Å²) in [6.07, 6.45) is -0.00545. The predicted molar refractivity (Wildman–Crippen MR) is 69.7 cm³/mol. The fourth-order valence-corrected chi connectivity index (χ4v) is 2.23. The summed E-state index contributed by atoms with van der Waals surface area (Å²) in [5.74, 6) is -0.838. The van der Waals surface area contributed by atoms with Crippen LogP contribution in [0.2, 0.25) is 0 Å². The smallest absolute Gasteiger partial charge is 0.307 e. The van der Waals surface area contributed by atoms with E-state index >= 15 is 0 Å². The Bertz CT molecular complexity index is 706. The maximum atomic E-state index is 10.9. The van der Waals surface area contributed by atoms with E-state index in [1.165, 1.54) is 0 Å². The second-order valence-corrected chi connectivity index (χ2v) is 4.21. The van der Waals surface area contributed by atoms with Gasteiger partial charge in [-0.25, -0.2) is 4.98 Å². The molecule has 0 bridgehead atoms. The number of para-hydroxylation sites is 1. The Morgan fingerprint density at radius 2 is 1.78 bits per heavy atom. The fraction of sp³-hybridized carbons (Fsp3) is 0.0667. The first-order valence-electron chi connectivity index (χ1n) is 5.74. The number of hydrogen-bond acceptors (Lipinski definition) is 2. The molecule has 3 nitrogen and oxygen atoms in total. The van der Waals surface area contributed by atoms with E-state index in [0.717, 1.165) is 27.7 Å². The van der Waals surface area contributed by atoms with Crippen LogP contribution in [0.5, 0.6) is 0 Å². The van der Waals surface area contributed by atoms with Crippen LogP contribution in [0.15, 0.2) is 48.5 Å². The van der Waals surface area contributed by atoms with Crippen molar-refractivity contribution in [3.8, 4) is 11.3 Å². The molecule has 3 heteroatoms. The summed E-state index contributed by atoms with van der Waals surface area (Å²) in [6.45, 7) is 0. The number of aliphatic carboxylic acids is 1. The molecule has 0 spiro atoms. The van der Waals surface area contributed by atoms with E-state index in [1.54, 1.807) is 0 Å². The average Bonchev–Trinajstić information content (AvgIpc) is 2.61. The Labute approximate surface area is 104 Å². The quantitative estimate of drug-likeness (QED) is 0.745. The van der Waals surface area contributed by atoms with E-state index in [0.29, 0.717) is 0 Å². The highest BCUT2D eigenvalue weighted by Crippen LogP contribution is 2.32. The third kappa shape index (κ3) is 1.70. The minimum atomic E-state index is -0.838. The molecule has 1 aliphatic carbocycles. The molecule has 0 atom stereocenters. The Hall–Kier alpha value is -2.42. The van der Waals surface area contributed by atoms with Crippen LogP contribution in [0.4, 0.5) is 0 Å². The summed E-state index contributed by atoms with van der Waals surface area (Å²) in [5, 5.41) is 10.0. The number of fused-ring (bicyclic) bond motifs is 3. The van der Waals surface area contributed by atoms with Crippen molar-refractivity contribution in [1.82, 2.24) is 4.98 Å². The van der Waals surface area contributed by atoms with Gasteiger partial charge in [0.25, 0.3) is 0 Å². The molecule has 1 heterocycles. The van der Waals surface area contributed by atoms with Crippen molar-refractivity contribution in [3.63, 3.8) is 0 Å². The summed E-state index contributed by atoms with van der Waals surface area (Å²) in [6, 6.07) is 15.4. The Kier molecular flexibility index (Phi) is 2.45. The number of benzene rings is 1. The van der Waals surface area contributed by atoms with Gasteiger partial charge in [-0.3, -0.25) is 4.79 Å². The number of aromatic nitrogens is 1. The van der Waals surface area contributed by atoms with Crippen LogP contribution in [0.25, 0.3) is 22.2 Å². The van der Waals surface area contributed by atoms with Crippen molar-refractivity contribution in [1.29, 1.82) is 0 Å². The lowest BCUT2D eigenvalue weighted by Gasteiger charge is -1.98. The Morgan fingerprint density at radius 1 is 1.06 bits per heavy atom. The molecule has 1 aliphatic heterocycles. The summed E-state index contributed by atoms with van der Waals surface area (Å²) in [5.41, 5.74) is 3.44. The molecule has 18 heavy (non-hydrogen) atoms. The van der Waals surface area contributed by atoms with Gasteiger partial charge in [-0.05, 0) is 11.6 Å². The van der Waals surface area contributed by atoms with Gasteiger partial charge in [-0.15, -0.1) is 0 Å². The average molecular weight is 237 g/mol. The largest absolute Gasteiger partial charge is 0.481 e. The molecule has 2 aliphatic rings. The molecule has 3 rings (SSSR count). The lowest BCUT2D eigenvalue weighted by Crippen LogP contribution is -2.00. The monoisotopic (exact) mass is 237 g/mol. The Morgan fingerprint density at radius 3 is 2.61 bits per heavy atom. The molecule has 0 amide bonds. The molecule has 0 radical (unpaired) electrons. The minimum Gasteiger partial charge on any atom is -0.481 e. The van der Waals surface area contributed by atoms with E-state index in [-0.39, 0.29) is 6.42 Å². The van der Waals surface area contributed by atoms with Gasteiger partial charge in [0.15, 0.2) is 0 Å². The second-order valence-electron chi connectivity index (χ2n) is 4.21. The minimum absolute atomic E-state index is 0.00545. The third-order valence-corrected chi connectivity index (χ3v) is 3.00. The summed E-state index contributed by atoms with van der Waals surface area (Å²) >= 11 is 0. The molecule has 1 aromatic rings. The van der Waals surface area contributed by atoms with E-state index in [4.69, 9.17) is 5.11 Å². The molecule has 1 N–H and O–H groups in total. The van der Waals surface area contributed by atoms with Crippen molar-refractivity contribution in [2.75, 3.05) is 0 Å². The van der Waals surface area contributed by atoms with Gasteiger partial charge in [0.05, 0.1) is 17.6 Å². The topological polar surface area (TPSA) is 50.2 Å². The van der Waals surface area contributed by atoms with Crippen molar-refractivity contribution in [3.05, 3.63) is 54.1 Å². The molecular weight excluding hydrogens is 226 g/mol. The molecular formula is C15H11NO2. The molecule has 0 saturated carbocycles. The normalized spacial score (nSPS) is 10.9. The number of rotatable bonds is 2. The second kappa shape index (κ2) is 4.11. The number of carboxylic acids is 1. The summed E-state index contributed by atoms with van der Waals surface area (Å²) < 4.78 is 0. The number of hydrogen-bond donors (Lipinski definition) is 1. The summed E-state index contributed by atoms with van der Waals surface area (Å²) in [4.78, 5) is 15.4. The van der Waals surface area contributed by atoms with Crippen LogP contribution >= 0.6 is 0 Å². The summed E-state index contributed by atoms with van der Waals surface area (Å²) in [7, 11) is 0. The molecule has 0 saturated heterocycles. The first-order chi connectivity index (χ1) is 8.75. The van der Waals surface area contributed by atoms with Crippen molar-refractivity contribution >= 4 is 16.9 Å². The van der Waals surface area contributed by atoms with Gasteiger partial charge in [-0.2, -0.15) is 0 Å². The van der Waals surface area contributed by atoms with Crippen molar-refractivity contribution in [2.24, 2.45) is 0 Å². The highest BCUT2D eigenvalue weighted by Gasteiger charge is 2.15. The van der Waals surface area contributed by atoms with E-state index in [9.17, 15) is 4.79 Å². The highest BCUT2D eigenvalue weighted by molar-refractivity contribution is 5.98. The molecule has 1 aromatic carbocycles. The van der Waals surface area contributed by atoms with E-state index < -0.39 is 5.97 Å². The zero-order valence-corrected chi connectivity index (χ0v) is 9.63. The van der Waals surface area contributed by atoms with Crippen LogP contribution < -0.4 is 0 Å². The van der Waals surface area contributed by atoms with Crippen LogP contribution in [0, 0.1) is 0 Å². The Balaban J connectivity index is 2.32. The lowest BCUT2D eigenvalue weighted by molar-refractivity contribution is -0.136. The maximum Gasteiger partial charge on any atom is 0.307 e. The molecule has 0 fully saturated rings. The van der Waals surface area contributed by atoms with Gasteiger partial charge in [0, 0.05) is 10.9 Å². The molecule has 88 valence electrons. The predicted octanol–water partition coefficient (Wildman–Crippen LogP) is 2.97. The van der Waals surface area contributed by atoms with Gasteiger partial charge in [0.1, 0.15) is 0 Å². The zero-order valence-electron chi connectivity index (χ0n) is 9.63. The SMILES string of the molecule is O=C(O)Cc1ccccc2c3ccccc3nc1-2. The van der Waals surface area contributed by atoms with Gasteiger partial charge >= 0.3 is 5.97 Å². The third-order valence-electron chi connectivity index (χ3n) is 3.00. The zero-order chi connectivity index (χ0) is 12.5. The van der Waals surface area contributed by atoms with Crippen molar-refractivity contribution < 1.29 is 9.90 Å². The van der Waals surface area contributed by atoms with E-state index in [1.807, 2.05) is 48.5 Å². The van der Waals surface area contributed by atoms with Crippen LogP contribution in [-0.2, 0) is 11.2 Å². The van der Waals surface area contributed by atoms with Crippen LogP contribution in [0.1, 0.15) is 5.56 Å². The number of carbonyl (C=O) groups is 1. The first-order valence-corrected chi connectivity index (χ1v) is 5.74. The first kappa shape index (κ1) is 10.7. The van der Waals surface area contributed by atoms with Gasteiger partial charge in [0.2, 0.25) is 0 Å². The van der Waals surface area contributed by atoms with Crippen LogP contribution in [-0.4, -0.2) is 16.1 Å².